The molecule has 14 heavy (non-hydrogen) atoms. The van der Waals surface area contributed by atoms with Crippen molar-refractivity contribution in [3.05, 3.63) is 40.7 Å². The van der Waals surface area contributed by atoms with E-state index >= 15 is 0 Å². The number of nitrogens with zero attached hydrogens (tertiary/aromatic N) is 1. The van der Waals surface area contributed by atoms with Crippen molar-refractivity contribution in [2.24, 2.45) is 0 Å². The van der Waals surface area contributed by atoms with Crippen molar-refractivity contribution < 1.29 is 13.2 Å². The molecule has 1 rings (SSSR count). The van der Waals surface area contributed by atoms with E-state index in [1.165, 1.54) is 12.1 Å². The predicted molar refractivity (Wildman–Crippen MR) is 49.2 cm³/mol. The standard InChI is InChI=1S/C10H11F3N/c1-14-7-9-4-2-8(3-5-9)6-10(11,12)13/h2-5H,6-7H2,1H3/q-1. The Morgan fingerprint density at radius 1 is 1.07 bits per heavy atom. The van der Waals surface area contributed by atoms with Crippen LogP contribution in [0.2, 0.25) is 0 Å². The van der Waals surface area contributed by atoms with Crippen molar-refractivity contribution in [3.63, 3.8) is 0 Å². The summed E-state index contributed by atoms with van der Waals surface area (Å²) in [7, 11) is 1.67. The Kier molecular flexibility index (Phi) is 3.52. The largest absolute Gasteiger partial charge is 0.661 e. The van der Waals surface area contributed by atoms with Crippen molar-refractivity contribution >= 4 is 0 Å². The Bertz CT molecular complexity index is 276. The molecule has 1 nitrogen and oxygen atoms in total. The number of hydrogen-bond donors (Lipinski definition) is 0. The predicted octanol–water partition coefficient (Wildman–Crippen LogP) is 3.29. The molecule has 0 aliphatic heterocycles. The zero-order valence-electron chi connectivity index (χ0n) is 7.80. The molecule has 0 spiro atoms. The van der Waals surface area contributed by atoms with Gasteiger partial charge in [-0.25, -0.2) is 0 Å². The van der Waals surface area contributed by atoms with Crippen molar-refractivity contribution in [1.29, 1.82) is 0 Å². The summed E-state index contributed by atoms with van der Waals surface area (Å²) in [6, 6.07) is 6.34. The molecule has 0 aromatic heterocycles. The molecule has 0 bridgehead atoms. The molecule has 0 heterocycles. The zero-order valence-corrected chi connectivity index (χ0v) is 7.80. The van der Waals surface area contributed by atoms with Crippen LogP contribution in [0.3, 0.4) is 0 Å². The summed E-state index contributed by atoms with van der Waals surface area (Å²) in [5.41, 5.74) is 1.22. The average molecular weight is 202 g/mol. The molecule has 0 saturated heterocycles. The topological polar surface area (TPSA) is 14.1 Å². The molecular formula is C10H11F3N-. The van der Waals surface area contributed by atoms with E-state index in [9.17, 15) is 13.2 Å². The monoisotopic (exact) mass is 202 g/mol. The maximum Gasteiger partial charge on any atom is 0.393 e. The van der Waals surface area contributed by atoms with E-state index in [0.29, 0.717) is 6.54 Å². The lowest BCUT2D eigenvalue weighted by atomic mass is 10.1. The molecular weight excluding hydrogens is 191 g/mol. The summed E-state index contributed by atoms with van der Waals surface area (Å²) in [6.45, 7) is 0.548. The fourth-order valence-corrected chi connectivity index (χ4v) is 1.18. The highest BCUT2D eigenvalue weighted by molar-refractivity contribution is 5.24. The van der Waals surface area contributed by atoms with Crippen LogP contribution in [0, 0.1) is 0 Å². The first-order chi connectivity index (χ1) is 6.51. The van der Waals surface area contributed by atoms with E-state index in [0.717, 1.165) is 5.56 Å². The van der Waals surface area contributed by atoms with Gasteiger partial charge in [-0.05, 0) is 5.56 Å². The highest BCUT2D eigenvalue weighted by Crippen LogP contribution is 2.21. The lowest BCUT2D eigenvalue weighted by Crippen LogP contribution is -2.11. The van der Waals surface area contributed by atoms with Crippen LogP contribution in [0.1, 0.15) is 11.1 Å². The van der Waals surface area contributed by atoms with Crippen LogP contribution in [0.5, 0.6) is 0 Å². The lowest BCUT2D eigenvalue weighted by molar-refractivity contribution is -0.127. The molecule has 0 saturated carbocycles. The highest BCUT2D eigenvalue weighted by atomic mass is 19.4. The van der Waals surface area contributed by atoms with Crippen molar-refractivity contribution in [1.82, 2.24) is 0 Å². The minimum atomic E-state index is -4.13. The first-order valence-corrected chi connectivity index (χ1v) is 4.21. The lowest BCUT2D eigenvalue weighted by Gasteiger charge is -2.12. The molecule has 78 valence electrons. The second-order valence-corrected chi connectivity index (χ2v) is 3.08. The highest BCUT2D eigenvalue weighted by Gasteiger charge is 2.27. The molecule has 0 aliphatic carbocycles. The molecule has 1 aromatic rings. The van der Waals surface area contributed by atoms with Gasteiger partial charge < -0.3 is 5.32 Å². The van der Waals surface area contributed by atoms with Gasteiger partial charge in [-0.3, -0.25) is 0 Å². The van der Waals surface area contributed by atoms with Gasteiger partial charge in [0.2, 0.25) is 0 Å². The molecule has 0 N–H and O–H groups in total. The van der Waals surface area contributed by atoms with Gasteiger partial charge in [0, 0.05) is 0 Å². The normalized spacial score (nSPS) is 11.7. The van der Waals surface area contributed by atoms with Crippen LogP contribution in [0.25, 0.3) is 5.32 Å². The third-order valence-electron chi connectivity index (χ3n) is 1.77. The molecule has 0 aliphatic rings. The fourth-order valence-electron chi connectivity index (χ4n) is 1.18. The number of benzene rings is 1. The maximum atomic E-state index is 12.0. The summed E-state index contributed by atoms with van der Waals surface area (Å²) in [5, 5.41) is 3.89. The SMILES string of the molecule is C[N-]Cc1ccc(CC(F)(F)F)cc1. The summed E-state index contributed by atoms with van der Waals surface area (Å²) in [6.07, 6.45) is -4.99. The molecule has 0 unspecified atom stereocenters. The first-order valence-electron chi connectivity index (χ1n) is 4.21. The van der Waals surface area contributed by atoms with Gasteiger partial charge in [0.15, 0.2) is 0 Å². The Labute approximate surface area is 80.9 Å². The van der Waals surface area contributed by atoms with E-state index in [1.54, 1.807) is 19.2 Å². The van der Waals surface area contributed by atoms with Crippen LogP contribution in [0.15, 0.2) is 24.3 Å². The van der Waals surface area contributed by atoms with Crippen molar-refractivity contribution in [2.45, 2.75) is 19.1 Å². The van der Waals surface area contributed by atoms with E-state index < -0.39 is 12.6 Å². The number of alkyl halides is 3. The van der Waals surface area contributed by atoms with Gasteiger partial charge in [-0.2, -0.15) is 20.2 Å². The second-order valence-electron chi connectivity index (χ2n) is 3.08. The molecule has 0 fully saturated rings. The number of rotatable bonds is 3. The Balaban J connectivity index is 2.64. The molecule has 0 amide bonds. The van der Waals surface area contributed by atoms with Crippen LogP contribution in [0.4, 0.5) is 13.2 Å². The smallest absolute Gasteiger partial charge is 0.393 e. The van der Waals surface area contributed by atoms with E-state index in [1.807, 2.05) is 0 Å². The number of halogens is 3. The van der Waals surface area contributed by atoms with Gasteiger partial charge in [-0.15, -0.1) is 6.54 Å². The maximum absolute atomic E-state index is 12.0. The molecule has 4 heteroatoms. The zero-order chi connectivity index (χ0) is 10.6. The van der Waals surface area contributed by atoms with Gasteiger partial charge in [0.1, 0.15) is 0 Å². The Hall–Kier alpha value is -1.03. The van der Waals surface area contributed by atoms with Gasteiger partial charge in [-0.1, -0.05) is 29.8 Å². The van der Waals surface area contributed by atoms with E-state index in [2.05, 4.69) is 5.32 Å². The molecule has 1 aromatic carbocycles. The summed E-state index contributed by atoms with van der Waals surface area (Å²) in [4.78, 5) is 0. The minimum Gasteiger partial charge on any atom is -0.661 e. The van der Waals surface area contributed by atoms with Crippen LogP contribution in [-0.2, 0) is 13.0 Å². The van der Waals surface area contributed by atoms with Gasteiger partial charge >= 0.3 is 6.18 Å². The van der Waals surface area contributed by atoms with Crippen molar-refractivity contribution in [2.75, 3.05) is 7.05 Å². The molecule has 0 radical (unpaired) electrons. The first kappa shape index (κ1) is 11.0. The van der Waals surface area contributed by atoms with E-state index in [4.69, 9.17) is 0 Å². The van der Waals surface area contributed by atoms with Crippen LogP contribution >= 0.6 is 0 Å². The van der Waals surface area contributed by atoms with Crippen LogP contribution < -0.4 is 0 Å². The van der Waals surface area contributed by atoms with Gasteiger partial charge in [0.25, 0.3) is 0 Å². The second kappa shape index (κ2) is 4.46. The van der Waals surface area contributed by atoms with Crippen molar-refractivity contribution in [3.8, 4) is 0 Å². The van der Waals surface area contributed by atoms with E-state index in [-0.39, 0.29) is 5.56 Å². The van der Waals surface area contributed by atoms with Crippen LogP contribution in [-0.4, -0.2) is 13.2 Å². The summed E-state index contributed by atoms with van der Waals surface area (Å²) in [5.74, 6) is 0. The average Bonchev–Trinajstić information content (AvgIpc) is 2.06. The summed E-state index contributed by atoms with van der Waals surface area (Å²) < 4.78 is 35.9. The van der Waals surface area contributed by atoms with Gasteiger partial charge in [0.05, 0.1) is 6.42 Å². The quantitative estimate of drug-likeness (QED) is 0.714. The molecule has 0 atom stereocenters. The minimum absolute atomic E-state index is 0.289. The number of hydrogen-bond acceptors (Lipinski definition) is 0. The Morgan fingerprint density at radius 2 is 1.57 bits per heavy atom. The third-order valence-corrected chi connectivity index (χ3v) is 1.77. The summed E-state index contributed by atoms with van der Waals surface area (Å²) >= 11 is 0. The Morgan fingerprint density at radius 3 is 2.00 bits per heavy atom. The fraction of sp³-hybridized carbons (Fsp3) is 0.400. The third kappa shape index (κ3) is 3.79.